The predicted octanol–water partition coefficient (Wildman–Crippen LogP) is 2.70. The Hall–Kier alpha value is -0.0400. The molecule has 0 unspecified atom stereocenters. The Morgan fingerprint density at radius 2 is 1.31 bits per heavy atom. The van der Waals surface area contributed by atoms with E-state index in [1.165, 1.54) is 51.6 Å². The van der Waals surface area contributed by atoms with Gasteiger partial charge in [0.1, 0.15) is 12.1 Å². The van der Waals surface area contributed by atoms with Crippen LogP contribution in [0.4, 0.5) is 0 Å². The molecule has 1 aliphatic carbocycles. The van der Waals surface area contributed by atoms with E-state index in [0.29, 0.717) is 0 Å². The van der Waals surface area contributed by atoms with Crippen molar-refractivity contribution in [1.29, 1.82) is 0 Å². The smallest absolute Gasteiger partial charge is 0.149 e. The molecule has 3 rings (SSSR count). The maximum Gasteiger partial charge on any atom is 0.149 e. The second-order valence-corrected chi connectivity index (χ2v) is 5.60. The SMILES string of the molecule is C1CCC2(CC1)C[N+]21CCCCC1. The lowest BCUT2D eigenvalue weighted by atomic mass is 9.88. The maximum absolute atomic E-state index is 1.56. The maximum atomic E-state index is 1.56. The van der Waals surface area contributed by atoms with Crippen molar-refractivity contribution in [2.24, 2.45) is 0 Å². The van der Waals surface area contributed by atoms with Crippen LogP contribution in [0.15, 0.2) is 0 Å². The second-order valence-electron chi connectivity index (χ2n) is 5.60. The van der Waals surface area contributed by atoms with Crippen LogP contribution in [0.2, 0.25) is 0 Å². The Morgan fingerprint density at radius 1 is 0.692 bits per heavy atom. The lowest BCUT2D eigenvalue weighted by Gasteiger charge is -2.32. The van der Waals surface area contributed by atoms with E-state index in [1.807, 2.05) is 0 Å². The van der Waals surface area contributed by atoms with Gasteiger partial charge >= 0.3 is 0 Å². The average molecular weight is 180 g/mol. The quantitative estimate of drug-likeness (QED) is 0.397. The van der Waals surface area contributed by atoms with Crippen LogP contribution in [0.1, 0.15) is 51.4 Å². The van der Waals surface area contributed by atoms with Gasteiger partial charge in [0.15, 0.2) is 0 Å². The van der Waals surface area contributed by atoms with Gasteiger partial charge in [-0.1, -0.05) is 6.42 Å². The van der Waals surface area contributed by atoms with Gasteiger partial charge in [0.2, 0.25) is 0 Å². The second kappa shape index (κ2) is 2.73. The first-order valence-corrected chi connectivity index (χ1v) is 6.23. The Morgan fingerprint density at radius 3 is 2.00 bits per heavy atom. The highest BCUT2D eigenvalue weighted by Crippen LogP contribution is 2.53. The molecule has 1 nitrogen and oxygen atoms in total. The van der Waals surface area contributed by atoms with Gasteiger partial charge in [-0.2, -0.15) is 0 Å². The third-order valence-corrected chi connectivity index (χ3v) is 4.96. The Balaban J connectivity index is 1.73. The normalized spacial score (nSPS) is 35.1. The number of rotatable bonds is 0. The highest BCUT2D eigenvalue weighted by Gasteiger charge is 2.68. The lowest BCUT2D eigenvalue weighted by Crippen LogP contribution is -2.41. The van der Waals surface area contributed by atoms with Gasteiger partial charge in [-0.05, 0) is 32.1 Å². The first kappa shape index (κ1) is 8.28. The number of nitrogens with zero attached hydrogens (tertiary/aromatic N) is 1. The summed E-state index contributed by atoms with van der Waals surface area (Å²) < 4.78 is 1.56. The van der Waals surface area contributed by atoms with Crippen LogP contribution in [0.5, 0.6) is 0 Å². The van der Waals surface area contributed by atoms with Crippen LogP contribution in [-0.2, 0) is 0 Å². The molecule has 74 valence electrons. The van der Waals surface area contributed by atoms with Crippen molar-refractivity contribution in [2.45, 2.75) is 56.9 Å². The molecule has 0 radical (unpaired) electrons. The number of piperidine rings is 1. The minimum atomic E-state index is 0.832. The van der Waals surface area contributed by atoms with E-state index in [1.54, 1.807) is 23.9 Å². The molecule has 2 saturated heterocycles. The number of hydrogen-bond donors (Lipinski definition) is 0. The van der Waals surface area contributed by atoms with Gasteiger partial charge in [0.25, 0.3) is 0 Å². The fourth-order valence-electron chi connectivity index (χ4n) is 4.12. The van der Waals surface area contributed by atoms with Gasteiger partial charge in [0, 0.05) is 12.8 Å². The van der Waals surface area contributed by atoms with Crippen LogP contribution in [0, 0.1) is 0 Å². The summed E-state index contributed by atoms with van der Waals surface area (Å²) in [4.78, 5) is 0. The summed E-state index contributed by atoms with van der Waals surface area (Å²) in [5, 5.41) is 0. The largest absolute Gasteiger partial charge is 0.309 e. The molecule has 1 heteroatoms. The molecular formula is C12H22N+. The number of hydrogen-bond acceptors (Lipinski definition) is 0. The molecule has 1 saturated carbocycles. The molecule has 2 aliphatic heterocycles. The van der Waals surface area contributed by atoms with Crippen molar-refractivity contribution in [3.63, 3.8) is 0 Å². The highest BCUT2D eigenvalue weighted by molar-refractivity contribution is 4.97. The Bertz CT molecular complexity index is 175. The minimum Gasteiger partial charge on any atom is -0.309 e. The number of quaternary nitrogens is 1. The highest BCUT2D eigenvalue weighted by atomic mass is 15.5. The predicted molar refractivity (Wildman–Crippen MR) is 54.5 cm³/mol. The van der Waals surface area contributed by atoms with Gasteiger partial charge in [-0.25, -0.2) is 0 Å². The summed E-state index contributed by atoms with van der Waals surface area (Å²) in [7, 11) is 0. The fourth-order valence-corrected chi connectivity index (χ4v) is 4.12. The van der Waals surface area contributed by atoms with Crippen molar-refractivity contribution >= 4 is 0 Å². The first-order valence-electron chi connectivity index (χ1n) is 6.23. The fraction of sp³-hybridized carbons (Fsp3) is 1.00. The van der Waals surface area contributed by atoms with Crippen molar-refractivity contribution < 1.29 is 4.48 Å². The molecule has 0 aromatic carbocycles. The summed E-state index contributed by atoms with van der Waals surface area (Å²) in [6.45, 7) is 4.62. The summed E-state index contributed by atoms with van der Waals surface area (Å²) in [5.74, 6) is 0. The zero-order valence-electron chi connectivity index (χ0n) is 8.73. The molecule has 0 amide bonds. The topological polar surface area (TPSA) is 0 Å². The van der Waals surface area contributed by atoms with E-state index >= 15 is 0 Å². The van der Waals surface area contributed by atoms with Gasteiger partial charge in [-0.3, -0.25) is 0 Å². The monoisotopic (exact) mass is 180 g/mol. The van der Waals surface area contributed by atoms with Gasteiger partial charge in [-0.15, -0.1) is 0 Å². The van der Waals surface area contributed by atoms with E-state index < -0.39 is 0 Å². The van der Waals surface area contributed by atoms with Gasteiger partial charge in [0.05, 0.1) is 13.1 Å². The first-order chi connectivity index (χ1) is 6.37. The van der Waals surface area contributed by atoms with Crippen LogP contribution >= 0.6 is 0 Å². The van der Waals surface area contributed by atoms with E-state index in [4.69, 9.17) is 0 Å². The van der Waals surface area contributed by atoms with Crippen molar-refractivity contribution in [3.8, 4) is 0 Å². The van der Waals surface area contributed by atoms with Gasteiger partial charge < -0.3 is 4.48 Å². The molecular weight excluding hydrogens is 158 g/mol. The average Bonchev–Trinajstić information content (AvgIpc) is 2.74. The van der Waals surface area contributed by atoms with Crippen LogP contribution in [0.25, 0.3) is 0 Å². The third-order valence-electron chi connectivity index (χ3n) is 4.96. The summed E-state index contributed by atoms with van der Waals surface area (Å²) in [6.07, 6.45) is 12.2. The summed E-state index contributed by atoms with van der Waals surface area (Å²) in [6, 6.07) is 0. The van der Waals surface area contributed by atoms with E-state index in [9.17, 15) is 0 Å². The summed E-state index contributed by atoms with van der Waals surface area (Å²) >= 11 is 0. The minimum absolute atomic E-state index is 0.832. The zero-order valence-corrected chi connectivity index (χ0v) is 8.73. The molecule has 0 bridgehead atoms. The molecule has 3 fully saturated rings. The molecule has 0 N–H and O–H groups in total. The molecule has 2 heterocycles. The molecule has 3 aliphatic rings. The molecule has 0 aromatic rings. The van der Waals surface area contributed by atoms with Crippen LogP contribution in [0.3, 0.4) is 0 Å². The zero-order chi connectivity index (χ0) is 8.78. The molecule has 0 atom stereocenters. The van der Waals surface area contributed by atoms with Crippen LogP contribution < -0.4 is 0 Å². The Labute approximate surface area is 81.7 Å². The molecule has 0 aromatic heterocycles. The van der Waals surface area contributed by atoms with Crippen LogP contribution in [-0.4, -0.2) is 29.7 Å². The van der Waals surface area contributed by atoms with Crippen molar-refractivity contribution in [3.05, 3.63) is 0 Å². The summed E-state index contributed by atoms with van der Waals surface area (Å²) in [5.41, 5.74) is 0.832. The molecule has 2 spiro atoms. The van der Waals surface area contributed by atoms with Crippen molar-refractivity contribution in [1.82, 2.24) is 0 Å². The van der Waals surface area contributed by atoms with E-state index in [-0.39, 0.29) is 0 Å². The van der Waals surface area contributed by atoms with E-state index in [2.05, 4.69) is 0 Å². The number of fused-ring (bicyclic) bond motifs is 1. The third kappa shape index (κ3) is 1.09. The Kier molecular flexibility index (Phi) is 1.74. The van der Waals surface area contributed by atoms with Crippen molar-refractivity contribution in [2.75, 3.05) is 19.6 Å². The standard InChI is InChI=1S/C12H22N/c1-3-7-12(8-4-1)11-13(12)9-5-2-6-10-13/h1-11H2/q+1. The van der Waals surface area contributed by atoms with E-state index in [0.717, 1.165) is 5.54 Å². The molecule has 13 heavy (non-hydrogen) atoms. The lowest BCUT2D eigenvalue weighted by molar-refractivity contribution is -0.836.